The molecule has 1 aliphatic rings. The van der Waals surface area contributed by atoms with Gasteiger partial charge < -0.3 is 4.74 Å². The monoisotopic (exact) mass is 258 g/mol. The lowest BCUT2D eigenvalue weighted by Gasteiger charge is -2.31. The van der Waals surface area contributed by atoms with Crippen LogP contribution in [0.5, 0.6) is 0 Å². The topological polar surface area (TPSA) is 9.23 Å². The quantitative estimate of drug-likeness (QED) is 0.514. The van der Waals surface area contributed by atoms with Crippen molar-refractivity contribution in [2.75, 3.05) is 19.0 Å². The minimum atomic E-state index is 0.381. The molecule has 1 rings (SSSR count). The Bertz CT molecular complexity index is 181. The maximum Gasteiger partial charge on any atom is 0.0530 e. The highest BCUT2D eigenvalue weighted by atomic mass is 32.1. The first-order valence-electron chi connectivity index (χ1n) is 7.45. The van der Waals surface area contributed by atoms with E-state index in [1.54, 1.807) is 0 Å². The summed E-state index contributed by atoms with van der Waals surface area (Å²) in [4.78, 5) is 0. The van der Waals surface area contributed by atoms with Crippen molar-refractivity contribution in [3.05, 3.63) is 0 Å². The van der Waals surface area contributed by atoms with Crippen molar-refractivity contribution in [3.8, 4) is 0 Å². The van der Waals surface area contributed by atoms with E-state index in [4.69, 9.17) is 4.74 Å². The summed E-state index contributed by atoms with van der Waals surface area (Å²) in [7, 11) is 0. The summed E-state index contributed by atoms with van der Waals surface area (Å²) in [5, 5.41) is 0. The molecule has 0 aliphatic heterocycles. The largest absolute Gasteiger partial charge is 0.381 e. The minimum absolute atomic E-state index is 0.381. The van der Waals surface area contributed by atoms with Crippen molar-refractivity contribution in [1.82, 2.24) is 0 Å². The van der Waals surface area contributed by atoms with Crippen LogP contribution in [0.4, 0.5) is 0 Å². The van der Waals surface area contributed by atoms with Gasteiger partial charge in [0.25, 0.3) is 0 Å². The van der Waals surface area contributed by atoms with Crippen LogP contribution in [0.15, 0.2) is 0 Å². The van der Waals surface area contributed by atoms with E-state index in [9.17, 15) is 0 Å². The number of hydrogen-bond donors (Lipinski definition) is 1. The van der Waals surface area contributed by atoms with Crippen LogP contribution in [0.2, 0.25) is 0 Å². The lowest BCUT2D eigenvalue weighted by Crippen LogP contribution is -2.29. The van der Waals surface area contributed by atoms with Gasteiger partial charge in [-0.15, -0.1) is 0 Å². The molecular weight excluding hydrogens is 228 g/mol. The van der Waals surface area contributed by atoms with Crippen LogP contribution >= 0.6 is 12.6 Å². The molecule has 0 aromatic rings. The molecule has 17 heavy (non-hydrogen) atoms. The third-order valence-electron chi connectivity index (χ3n) is 4.42. The molecule has 0 aromatic heterocycles. The van der Waals surface area contributed by atoms with Crippen molar-refractivity contribution in [2.45, 2.75) is 65.2 Å². The van der Waals surface area contributed by atoms with Crippen molar-refractivity contribution >= 4 is 12.6 Å². The highest BCUT2D eigenvalue weighted by molar-refractivity contribution is 7.80. The molecule has 0 bridgehead atoms. The molecule has 102 valence electrons. The maximum atomic E-state index is 6.02. The molecule has 1 nitrogen and oxygen atoms in total. The molecule has 1 aliphatic carbocycles. The van der Waals surface area contributed by atoms with Gasteiger partial charge >= 0.3 is 0 Å². The second-order valence-corrected chi connectivity index (χ2v) is 6.09. The van der Waals surface area contributed by atoms with Gasteiger partial charge in [-0.3, -0.25) is 0 Å². The molecule has 0 N–H and O–H groups in total. The Labute approximate surface area is 113 Å². The van der Waals surface area contributed by atoms with Crippen LogP contribution in [0.3, 0.4) is 0 Å². The summed E-state index contributed by atoms with van der Waals surface area (Å²) in [6, 6.07) is 0. The molecule has 2 heteroatoms. The number of hydrogen-bond acceptors (Lipinski definition) is 2. The van der Waals surface area contributed by atoms with Gasteiger partial charge in [-0.1, -0.05) is 52.4 Å². The van der Waals surface area contributed by atoms with Gasteiger partial charge in [0.1, 0.15) is 0 Å². The fourth-order valence-corrected chi connectivity index (χ4v) is 3.20. The van der Waals surface area contributed by atoms with Gasteiger partial charge in [0.15, 0.2) is 0 Å². The summed E-state index contributed by atoms with van der Waals surface area (Å²) in [5.41, 5.74) is 0.381. The molecule has 0 amide bonds. The van der Waals surface area contributed by atoms with E-state index in [0.717, 1.165) is 24.9 Å². The van der Waals surface area contributed by atoms with Crippen molar-refractivity contribution < 1.29 is 4.74 Å². The third kappa shape index (κ3) is 5.21. The average molecular weight is 258 g/mol. The average Bonchev–Trinajstić information content (AvgIpc) is 2.61. The van der Waals surface area contributed by atoms with Gasteiger partial charge in [0, 0.05) is 12.0 Å². The molecule has 1 fully saturated rings. The third-order valence-corrected chi connectivity index (χ3v) is 5.09. The second-order valence-electron chi connectivity index (χ2n) is 5.77. The summed E-state index contributed by atoms with van der Waals surface area (Å²) >= 11 is 4.59. The SMILES string of the molecule is CCC(CC)COCC1(CS)CCCCCC1. The first-order chi connectivity index (χ1) is 8.26. The Balaban J connectivity index is 2.34. The maximum absolute atomic E-state index is 6.02. The molecule has 0 aromatic carbocycles. The lowest BCUT2D eigenvalue weighted by atomic mass is 9.83. The molecule has 0 spiro atoms. The summed E-state index contributed by atoms with van der Waals surface area (Å²) < 4.78 is 6.02. The zero-order chi connectivity index (χ0) is 12.6. The van der Waals surface area contributed by atoms with E-state index in [0.29, 0.717) is 5.41 Å². The molecule has 0 atom stereocenters. The van der Waals surface area contributed by atoms with E-state index in [1.807, 2.05) is 0 Å². The van der Waals surface area contributed by atoms with Crippen molar-refractivity contribution in [1.29, 1.82) is 0 Å². The van der Waals surface area contributed by atoms with E-state index < -0.39 is 0 Å². The number of ether oxygens (including phenoxy) is 1. The smallest absolute Gasteiger partial charge is 0.0530 e. The number of thiol groups is 1. The van der Waals surface area contributed by atoms with Gasteiger partial charge in [-0.2, -0.15) is 12.6 Å². The normalized spacial score (nSPS) is 20.5. The van der Waals surface area contributed by atoms with Crippen LogP contribution in [0.1, 0.15) is 65.2 Å². The number of rotatable bonds is 7. The standard InChI is InChI=1S/C15H30OS/c1-3-14(4-2)11-16-12-15(13-17)9-7-5-6-8-10-15/h14,17H,3-13H2,1-2H3. The second kappa shape index (κ2) is 8.42. The van der Waals surface area contributed by atoms with Gasteiger partial charge in [-0.25, -0.2) is 0 Å². The van der Waals surface area contributed by atoms with Crippen LogP contribution in [0.25, 0.3) is 0 Å². The fraction of sp³-hybridized carbons (Fsp3) is 1.00. The van der Waals surface area contributed by atoms with Gasteiger partial charge in [0.2, 0.25) is 0 Å². The Morgan fingerprint density at radius 3 is 2.12 bits per heavy atom. The predicted molar refractivity (Wildman–Crippen MR) is 78.9 cm³/mol. The Morgan fingerprint density at radius 2 is 1.65 bits per heavy atom. The van der Waals surface area contributed by atoms with E-state index in [-0.39, 0.29) is 0 Å². The molecule has 1 saturated carbocycles. The van der Waals surface area contributed by atoms with Crippen molar-refractivity contribution in [3.63, 3.8) is 0 Å². The Kier molecular flexibility index (Phi) is 7.61. The van der Waals surface area contributed by atoms with Crippen LogP contribution in [0, 0.1) is 11.3 Å². The summed E-state index contributed by atoms with van der Waals surface area (Å²) in [6.45, 7) is 6.41. The molecule has 0 saturated heterocycles. The first-order valence-corrected chi connectivity index (χ1v) is 8.08. The van der Waals surface area contributed by atoms with Gasteiger partial charge in [-0.05, 0) is 24.5 Å². The van der Waals surface area contributed by atoms with Crippen molar-refractivity contribution in [2.24, 2.45) is 11.3 Å². The first kappa shape index (κ1) is 15.4. The Morgan fingerprint density at radius 1 is 1.06 bits per heavy atom. The lowest BCUT2D eigenvalue weighted by molar-refractivity contribution is 0.0262. The highest BCUT2D eigenvalue weighted by Gasteiger charge is 2.29. The summed E-state index contributed by atoms with van der Waals surface area (Å²) in [6.07, 6.45) is 10.7. The highest BCUT2D eigenvalue weighted by Crippen LogP contribution is 2.36. The zero-order valence-corrected chi connectivity index (χ0v) is 12.6. The fourth-order valence-electron chi connectivity index (χ4n) is 2.79. The minimum Gasteiger partial charge on any atom is -0.381 e. The van der Waals surface area contributed by atoms with E-state index in [1.165, 1.54) is 51.4 Å². The predicted octanol–water partition coefficient (Wildman–Crippen LogP) is 4.71. The summed E-state index contributed by atoms with van der Waals surface area (Å²) in [5.74, 6) is 1.74. The Hall–Kier alpha value is 0.310. The molecule has 0 heterocycles. The van der Waals surface area contributed by atoms with E-state index >= 15 is 0 Å². The van der Waals surface area contributed by atoms with Crippen LogP contribution in [-0.2, 0) is 4.74 Å². The zero-order valence-electron chi connectivity index (χ0n) is 11.7. The van der Waals surface area contributed by atoms with E-state index in [2.05, 4.69) is 26.5 Å². The molecule has 0 radical (unpaired) electrons. The van der Waals surface area contributed by atoms with Crippen LogP contribution in [-0.4, -0.2) is 19.0 Å². The van der Waals surface area contributed by atoms with Gasteiger partial charge in [0.05, 0.1) is 6.61 Å². The molecular formula is C15H30OS. The molecule has 0 unspecified atom stereocenters. The van der Waals surface area contributed by atoms with Crippen LogP contribution < -0.4 is 0 Å².